The number of hydrogen-bond donors (Lipinski definition) is 1. The lowest BCUT2D eigenvalue weighted by atomic mass is 10.0. The molecular weight excluding hydrogens is 228 g/mol. The first-order valence-corrected chi connectivity index (χ1v) is 6.34. The van der Waals surface area contributed by atoms with Crippen molar-refractivity contribution in [2.45, 2.75) is 38.4 Å². The van der Waals surface area contributed by atoms with Gasteiger partial charge in [-0.1, -0.05) is 24.3 Å². The number of hydrogen-bond acceptors (Lipinski definition) is 3. The number of nitrogens with one attached hydrogen (secondary N) is 1. The van der Waals surface area contributed by atoms with E-state index in [4.69, 9.17) is 0 Å². The van der Waals surface area contributed by atoms with Gasteiger partial charge in [0.2, 0.25) is 11.8 Å². The molecule has 2 atom stereocenters. The highest BCUT2D eigenvalue weighted by atomic mass is 16.2. The van der Waals surface area contributed by atoms with E-state index >= 15 is 0 Å². The summed E-state index contributed by atoms with van der Waals surface area (Å²) in [6.45, 7) is 2.92. The molecule has 94 valence electrons. The second-order valence-corrected chi connectivity index (χ2v) is 5.01. The molecule has 1 aromatic carbocycles. The Hall–Kier alpha value is -1.68. The van der Waals surface area contributed by atoms with Gasteiger partial charge in [0, 0.05) is 19.0 Å². The molecule has 2 aliphatic heterocycles. The van der Waals surface area contributed by atoms with Gasteiger partial charge in [0.25, 0.3) is 0 Å². The minimum atomic E-state index is -0.176. The molecule has 0 bridgehead atoms. The number of imide groups is 1. The number of benzene rings is 1. The Bertz CT molecular complexity index is 512. The van der Waals surface area contributed by atoms with Gasteiger partial charge in [-0.3, -0.25) is 19.8 Å². The van der Waals surface area contributed by atoms with Crippen LogP contribution in [-0.2, 0) is 16.1 Å². The number of fused-ring (bicyclic) bond motifs is 1. The molecule has 18 heavy (non-hydrogen) atoms. The van der Waals surface area contributed by atoms with Crippen molar-refractivity contribution >= 4 is 11.8 Å². The predicted molar refractivity (Wildman–Crippen MR) is 66.6 cm³/mol. The minimum absolute atomic E-state index is 0.147. The molecule has 0 aliphatic carbocycles. The second kappa shape index (κ2) is 4.21. The number of amides is 2. The van der Waals surface area contributed by atoms with Gasteiger partial charge < -0.3 is 0 Å². The van der Waals surface area contributed by atoms with Crippen LogP contribution in [0.1, 0.15) is 36.9 Å². The van der Waals surface area contributed by atoms with E-state index in [1.54, 1.807) is 0 Å². The van der Waals surface area contributed by atoms with E-state index in [0.717, 1.165) is 6.54 Å². The molecule has 4 nitrogen and oxygen atoms in total. The molecule has 0 saturated carbocycles. The first kappa shape index (κ1) is 11.4. The second-order valence-electron chi connectivity index (χ2n) is 5.01. The largest absolute Gasteiger partial charge is 0.295 e. The maximum Gasteiger partial charge on any atom is 0.243 e. The van der Waals surface area contributed by atoms with Crippen molar-refractivity contribution in [3.8, 4) is 0 Å². The fraction of sp³-hybridized carbons (Fsp3) is 0.429. The number of rotatable bonds is 1. The van der Waals surface area contributed by atoms with Crippen molar-refractivity contribution in [2.24, 2.45) is 0 Å². The molecule has 1 N–H and O–H groups in total. The summed E-state index contributed by atoms with van der Waals surface area (Å²) in [5, 5.41) is 2.43. The van der Waals surface area contributed by atoms with Gasteiger partial charge in [-0.05, 0) is 24.5 Å². The SMILES string of the molecule is CC1c2ccccc2CN1C1CCC(=O)NC1=O. The standard InChI is InChI=1S/C14H16N2O2/c1-9-11-5-3-2-4-10(11)8-16(9)12-6-7-13(17)15-14(12)18/h2-5,9,12H,6-8H2,1H3,(H,15,17,18). The summed E-state index contributed by atoms with van der Waals surface area (Å²) in [4.78, 5) is 25.3. The molecule has 0 aromatic heterocycles. The fourth-order valence-electron chi connectivity index (χ4n) is 2.98. The first-order valence-electron chi connectivity index (χ1n) is 6.34. The van der Waals surface area contributed by atoms with Crippen molar-refractivity contribution in [2.75, 3.05) is 0 Å². The van der Waals surface area contributed by atoms with Crippen molar-refractivity contribution in [3.63, 3.8) is 0 Å². The molecule has 0 radical (unpaired) electrons. The zero-order valence-corrected chi connectivity index (χ0v) is 10.3. The monoisotopic (exact) mass is 244 g/mol. The van der Waals surface area contributed by atoms with Crippen LogP contribution in [0.4, 0.5) is 0 Å². The minimum Gasteiger partial charge on any atom is -0.295 e. The lowest BCUT2D eigenvalue weighted by molar-refractivity contribution is -0.138. The van der Waals surface area contributed by atoms with E-state index < -0.39 is 0 Å². The maximum absolute atomic E-state index is 11.9. The average molecular weight is 244 g/mol. The topological polar surface area (TPSA) is 49.4 Å². The third-order valence-electron chi connectivity index (χ3n) is 3.97. The van der Waals surface area contributed by atoms with Crippen LogP contribution in [0.3, 0.4) is 0 Å². The molecule has 3 rings (SSSR count). The fourth-order valence-corrected chi connectivity index (χ4v) is 2.98. The number of piperidine rings is 1. The zero-order valence-electron chi connectivity index (χ0n) is 10.3. The quantitative estimate of drug-likeness (QED) is 0.759. The summed E-state index contributed by atoms with van der Waals surface area (Å²) in [5.41, 5.74) is 2.58. The van der Waals surface area contributed by atoms with E-state index in [1.165, 1.54) is 11.1 Å². The Morgan fingerprint density at radius 1 is 1.28 bits per heavy atom. The molecule has 2 heterocycles. The molecule has 2 amide bonds. The average Bonchev–Trinajstić information content (AvgIpc) is 2.68. The van der Waals surface area contributed by atoms with E-state index in [-0.39, 0.29) is 23.9 Å². The molecule has 1 saturated heterocycles. The van der Waals surface area contributed by atoms with Crippen LogP contribution in [0.25, 0.3) is 0 Å². The van der Waals surface area contributed by atoms with Crippen molar-refractivity contribution in [3.05, 3.63) is 35.4 Å². The van der Waals surface area contributed by atoms with E-state index in [2.05, 4.69) is 29.3 Å². The Balaban J connectivity index is 1.84. The third-order valence-corrected chi connectivity index (χ3v) is 3.97. The maximum atomic E-state index is 11.9. The Labute approximate surface area is 106 Å². The van der Waals surface area contributed by atoms with Gasteiger partial charge in [0.1, 0.15) is 0 Å². The Morgan fingerprint density at radius 2 is 2.06 bits per heavy atom. The summed E-state index contributed by atoms with van der Waals surface area (Å²) in [6.07, 6.45) is 1.07. The molecular formula is C14H16N2O2. The van der Waals surface area contributed by atoms with Gasteiger partial charge in [0.15, 0.2) is 0 Å². The van der Waals surface area contributed by atoms with Crippen LogP contribution in [0, 0.1) is 0 Å². The summed E-state index contributed by atoms with van der Waals surface area (Å²) < 4.78 is 0. The van der Waals surface area contributed by atoms with Crippen LogP contribution in [0.2, 0.25) is 0 Å². The predicted octanol–water partition coefficient (Wildman–Crippen LogP) is 1.37. The first-order chi connectivity index (χ1) is 8.66. The van der Waals surface area contributed by atoms with Crippen molar-refractivity contribution in [1.82, 2.24) is 10.2 Å². The smallest absolute Gasteiger partial charge is 0.243 e. The highest BCUT2D eigenvalue weighted by Gasteiger charge is 2.38. The summed E-state index contributed by atoms with van der Waals surface area (Å²) in [6, 6.07) is 8.35. The Morgan fingerprint density at radius 3 is 2.78 bits per heavy atom. The summed E-state index contributed by atoms with van der Waals surface area (Å²) in [7, 11) is 0. The van der Waals surface area contributed by atoms with E-state index in [0.29, 0.717) is 12.8 Å². The normalized spacial score (nSPS) is 28.1. The van der Waals surface area contributed by atoms with Crippen LogP contribution >= 0.6 is 0 Å². The number of carbonyl (C=O) groups excluding carboxylic acids is 2. The van der Waals surface area contributed by atoms with Gasteiger partial charge in [-0.2, -0.15) is 0 Å². The highest BCUT2D eigenvalue weighted by Crippen LogP contribution is 2.36. The lowest BCUT2D eigenvalue weighted by Crippen LogP contribution is -2.51. The van der Waals surface area contributed by atoms with Crippen LogP contribution in [0.5, 0.6) is 0 Å². The zero-order chi connectivity index (χ0) is 12.7. The van der Waals surface area contributed by atoms with Crippen LogP contribution in [0.15, 0.2) is 24.3 Å². The van der Waals surface area contributed by atoms with Crippen molar-refractivity contribution < 1.29 is 9.59 Å². The highest BCUT2D eigenvalue weighted by molar-refractivity contribution is 6.00. The van der Waals surface area contributed by atoms with E-state index in [9.17, 15) is 9.59 Å². The van der Waals surface area contributed by atoms with Crippen LogP contribution in [-0.4, -0.2) is 22.8 Å². The molecule has 2 unspecified atom stereocenters. The van der Waals surface area contributed by atoms with Crippen molar-refractivity contribution in [1.29, 1.82) is 0 Å². The molecule has 2 aliphatic rings. The van der Waals surface area contributed by atoms with Gasteiger partial charge in [-0.25, -0.2) is 0 Å². The van der Waals surface area contributed by atoms with Gasteiger partial charge in [-0.15, -0.1) is 0 Å². The van der Waals surface area contributed by atoms with Gasteiger partial charge >= 0.3 is 0 Å². The molecule has 4 heteroatoms. The van der Waals surface area contributed by atoms with Gasteiger partial charge in [0.05, 0.1) is 6.04 Å². The Kier molecular flexibility index (Phi) is 2.67. The number of nitrogens with zero attached hydrogens (tertiary/aromatic N) is 1. The van der Waals surface area contributed by atoms with E-state index in [1.807, 2.05) is 12.1 Å². The molecule has 1 aromatic rings. The lowest BCUT2D eigenvalue weighted by Gasteiger charge is -2.32. The number of carbonyl (C=O) groups is 2. The summed E-state index contributed by atoms with van der Waals surface area (Å²) >= 11 is 0. The van der Waals surface area contributed by atoms with Crippen LogP contribution < -0.4 is 5.32 Å². The third kappa shape index (κ3) is 1.73. The molecule has 0 spiro atoms. The summed E-state index contributed by atoms with van der Waals surface area (Å²) in [5.74, 6) is -0.300. The molecule has 1 fully saturated rings.